The van der Waals surface area contributed by atoms with Gasteiger partial charge in [0, 0.05) is 6.92 Å². The SMILES string of the molecule is CC(=O)ON.OCC(O)CO.OCC(O)CO.OCC(O)CO.OCC(O)CO.OCC(O)CO.OCC(O)CO. The van der Waals surface area contributed by atoms with E-state index in [2.05, 4.69) is 10.7 Å². The minimum atomic E-state index is -0.954. The molecular weight excluding hydrogens is 574 g/mol. The maximum absolute atomic E-state index is 9.47. The number of aliphatic hydroxyl groups excluding tert-OH is 18. The van der Waals surface area contributed by atoms with Crippen molar-refractivity contribution in [3.8, 4) is 0 Å². The summed E-state index contributed by atoms with van der Waals surface area (Å²) in [6.07, 6.45) is -5.72. The van der Waals surface area contributed by atoms with Crippen LogP contribution in [0.2, 0.25) is 0 Å². The van der Waals surface area contributed by atoms with Gasteiger partial charge in [0.15, 0.2) is 0 Å². The van der Waals surface area contributed by atoms with Crippen molar-refractivity contribution in [2.45, 2.75) is 43.5 Å². The van der Waals surface area contributed by atoms with E-state index in [9.17, 15) is 4.79 Å². The minimum Gasteiger partial charge on any atom is -0.394 e. The number of aliphatic hydroxyl groups is 18. The van der Waals surface area contributed by atoms with Crippen LogP contribution in [0.25, 0.3) is 0 Å². The summed E-state index contributed by atoms with van der Waals surface area (Å²) in [4.78, 5) is 13.1. The molecule has 0 atom stereocenters. The van der Waals surface area contributed by atoms with Gasteiger partial charge in [-0.3, -0.25) is 4.79 Å². The number of hydrogen-bond donors (Lipinski definition) is 19. The second-order valence-corrected chi connectivity index (χ2v) is 6.72. The van der Waals surface area contributed by atoms with Gasteiger partial charge in [-0.05, 0) is 0 Å². The van der Waals surface area contributed by atoms with Crippen molar-refractivity contribution in [2.75, 3.05) is 79.3 Å². The molecule has 258 valence electrons. The summed E-state index contributed by atoms with van der Waals surface area (Å²) >= 11 is 0. The Morgan fingerprint density at radius 3 is 0.488 bits per heavy atom. The molecule has 0 aliphatic heterocycles. The van der Waals surface area contributed by atoms with E-state index in [1.54, 1.807) is 0 Å². The van der Waals surface area contributed by atoms with Crippen LogP contribution in [0.1, 0.15) is 6.92 Å². The lowest BCUT2D eigenvalue weighted by Gasteiger charge is -1.96. The number of carbonyl (C=O) groups excluding carboxylic acids is 1. The summed E-state index contributed by atoms with van der Waals surface area (Å²) < 4.78 is 0. The van der Waals surface area contributed by atoms with Gasteiger partial charge in [0.25, 0.3) is 0 Å². The molecule has 0 aliphatic rings. The first kappa shape index (κ1) is 55.6. The molecule has 20 N–H and O–H groups in total. The van der Waals surface area contributed by atoms with Crippen molar-refractivity contribution in [2.24, 2.45) is 5.90 Å². The van der Waals surface area contributed by atoms with Gasteiger partial charge in [-0.2, -0.15) is 5.90 Å². The first-order valence-electron chi connectivity index (χ1n) is 11.4. The van der Waals surface area contributed by atoms with E-state index < -0.39 is 42.6 Å². The Bertz CT molecular complexity index is 327. The van der Waals surface area contributed by atoms with Gasteiger partial charge in [0.2, 0.25) is 0 Å². The first-order valence-corrected chi connectivity index (χ1v) is 11.4. The molecule has 0 saturated heterocycles. The van der Waals surface area contributed by atoms with Crippen LogP contribution in [-0.4, -0.2) is 214 Å². The Balaban J connectivity index is -0.0000000658. The lowest BCUT2D eigenvalue weighted by Crippen LogP contribution is -2.15. The molecule has 0 saturated carbocycles. The predicted octanol–water partition coefficient (Wildman–Crippen LogP) is -10.6. The van der Waals surface area contributed by atoms with Crippen LogP contribution < -0.4 is 5.90 Å². The highest BCUT2D eigenvalue weighted by Crippen LogP contribution is 1.74. The van der Waals surface area contributed by atoms with Gasteiger partial charge in [0.1, 0.15) is 36.6 Å². The summed E-state index contributed by atoms with van der Waals surface area (Å²) in [6.45, 7) is -3.14. The van der Waals surface area contributed by atoms with Crippen molar-refractivity contribution in [3.05, 3.63) is 0 Å². The zero-order valence-electron chi connectivity index (χ0n) is 22.9. The van der Waals surface area contributed by atoms with Crippen LogP contribution in [0.4, 0.5) is 0 Å². The second-order valence-electron chi connectivity index (χ2n) is 6.72. The molecule has 0 aromatic rings. The molecule has 0 aromatic carbocycles. The topological polar surface area (TPSA) is 416 Å². The van der Waals surface area contributed by atoms with Crippen molar-refractivity contribution in [1.29, 1.82) is 0 Å². The van der Waals surface area contributed by atoms with Crippen LogP contribution in [0.3, 0.4) is 0 Å². The maximum atomic E-state index is 9.47. The smallest absolute Gasteiger partial charge is 0.321 e. The third-order valence-corrected chi connectivity index (χ3v) is 2.69. The minimum absolute atomic E-state index is 0.365. The molecule has 41 heavy (non-hydrogen) atoms. The normalized spacial score (nSPS) is 9.61. The third kappa shape index (κ3) is 85.4. The van der Waals surface area contributed by atoms with Crippen molar-refractivity contribution in [3.63, 3.8) is 0 Å². The highest BCUT2D eigenvalue weighted by molar-refractivity contribution is 5.65. The first-order chi connectivity index (χ1) is 19.1. The molecule has 0 unspecified atom stereocenters. The fraction of sp³-hybridized carbons (Fsp3) is 0.950. The summed E-state index contributed by atoms with van der Waals surface area (Å²) in [6, 6.07) is 0. The summed E-state index contributed by atoms with van der Waals surface area (Å²) in [5, 5.41) is 144. The standard InChI is InChI=1S/6C3H8O3.C2H5NO2/c6*4-1-3(6)2-5;1-2(4)5-3/h6*3-6H,1-2H2;3H2,1H3. The van der Waals surface area contributed by atoms with E-state index in [1.807, 2.05) is 0 Å². The average molecular weight is 628 g/mol. The van der Waals surface area contributed by atoms with Crippen LogP contribution in [-0.2, 0) is 9.63 Å². The summed E-state index contributed by atoms with van der Waals surface area (Å²) in [7, 11) is 0. The molecular formula is C20H53NO20. The number of carbonyl (C=O) groups is 1. The van der Waals surface area contributed by atoms with E-state index in [0.29, 0.717) is 0 Å². The summed E-state index contributed by atoms with van der Waals surface area (Å²) in [5.74, 6) is 3.85. The summed E-state index contributed by atoms with van der Waals surface area (Å²) in [5.41, 5.74) is 0. The molecule has 0 amide bonds. The van der Waals surface area contributed by atoms with Gasteiger partial charge in [0.05, 0.1) is 79.3 Å². The third-order valence-electron chi connectivity index (χ3n) is 2.69. The van der Waals surface area contributed by atoms with Crippen LogP contribution in [0.15, 0.2) is 0 Å². The Morgan fingerprint density at radius 1 is 0.415 bits per heavy atom. The monoisotopic (exact) mass is 627 g/mol. The van der Waals surface area contributed by atoms with Crippen molar-refractivity contribution in [1.82, 2.24) is 0 Å². The van der Waals surface area contributed by atoms with E-state index in [1.165, 1.54) is 6.92 Å². The molecule has 0 bridgehead atoms. The number of hydrogen-bond acceptors (Lipinski definition) is 21. The van der Waals surface area contributed by atoms with E-state index in [-0.39, 0.29) is 79.3 Å². The molecule has 0 fully saturated rings. The van der Waals surface area contributed by atoms with E-state index in [0.717, 1.165) is 0 Å². The predicted molar refractivity (Wildman–Crippen MR) is 137 cm³/mol. The Hall–Kier alpha value is -1.29. The second kappa shape index (κ2) is 51.4. The van der Waals surface area contributed by atoms with Gasteiger partial charge in [-0.25, -0.2) is 0 Å². The highest BCUT2D eigenvalue weighted by atomic mass is 16.7. The maximum Gasteiger partial charge on any atom is 0.321 e. The molecule has 0 aromatic heterocycles. The lowest BCUT2D eigenvalue weighted by molar-refractivity contribution is -0.141. The fourth-order valence-electron chi connectivity index (χ4n) is 0.346. The largest absolute Gasteiger partial charge is 0.394 e. The fourth-order valence-corrected chi connectivity index (χ4v) is 0.346. The van der Waals surface area contributed by atoms with Crippen LogP contribution >= 0.6 is 0 Å². The Morgan fingerprint density at radius 2 is 0.488 bits per heavy atom. The number of nitrogens with two attached hydrogens (primary N) is 1. The molecule has 0 spiro atoms. The van der Waals surface area contributed by atoms with Crippen LogP contribution in [0, 0.1) is 0 Å². The molecule has 0 aliphatic carbocycles. The van der Waals surface area contributed by atoms with Crippen LogP contribution in [0.5, 0.6) is 0 Å². The molecule has 21 nitrogen and oxygen atoms in total. The molecule has 0 rings (SSSR count). The molecule has 0 heterocycles. The van der Waals surface area contributed by atoms with Crippen molar-refractivity contribution < 1.29 is 102 Å². The van der Waals surface area contributed by atoms with Gasteiger partial charge < -0.3 is 96.8 Å². The van der Waals surface area contributed by atoms with Gasteiger partial charge in [-0.1, -0.05) is 0 Å². The number of rotatable bonds is 12. The van der Waals surface area contributed by atoms with Gasteiger partial charge >= 0.3 is 5.97 Å². The zero-order valence-corrected chi connectivity index (χ0v) is 22.9. The Kier molecular flexibility index (Phi) is 69.8. The average Bonchev–Trinajstić information content (AvgIpc) is 3.03. The van der Waals surface area contributed by atoms with E-state index >= 15 is 0 Å². The lowest BCUT2D eigenvalue weighted by atomic mass is 10.4. The quantitative estimate of drug-likeness (QED) is 0.0892. The highest BCUT2D eigenvalue weighted by Gasteiger charge is 1.96. The molecule has 0 radical (unpaired) electrons. The Labute approximate surface area is 237 Å². The van der Waals surface area contributed by atoms with E-state index in [4.69, 9.17) is 91.9 Å². The zero-order chi connectivity index (χ0) is 34.2. The van der Waals surface area contributed by atoms with Gasteiger partial charge in [-0.15, -0.1) is 0 Å². The molecule has 21 heteroatoms. The van der Waals surface area contributed by atoms with Crippen molar-refractivity contribution >= 4 is 5.97 Å².